The van der Waals surface area contributed by atoms with Gasteiger partial charge in [0.15, 0.2) is 5.75 Å². The van der Waals surface area contributed by atoms with E-state index in [9.17, 15) is 4.79 Å². The summed E-state index contributed by atoms with van der Waals surface area (Å²) >= 11 is 0. The Morgan fingerprint density at radius 1 is 1.42 bits per heavy atom. The number of carbonyl (C=O) groups is 1. The van der Waals surface area contributed by atoms with E-state index >= 15 is 0 Å². The average molecular weight is 260 g/mol. The molecule has 0 saturated carbocycles. The molecule has 0 saturated heterocycles. The number of rotatable bonds is 5. The summed E-state index contributed by atoms with van der Waals surface area (Å²) in [4.78, 5) is 11.2. The zero-order valence-corrected chi connectivity index (χ0v) is 11.6. The SMILES string of the molecule is CCC(Cc1ccn2cccc(OC(C)=O)c12)NC. The molecule has 4 heteroatoms. The third kappa shape index (κ3) is 2.96. The smallest absolute Gasteiger partial charge is 0.308 e. The van der Waals surface area contributed by atoms with Crippen LogP contribution < -0.4 is 10.1 Å². The highest BCUT2D eigenvalue weighted by molar-refractivity contribution is 5.75. The highest BCUT2D eigenvalue weighted by Gasteiger charge is 2.13. The molecule has 2 aromatic rings. The van der Waals surface area contributed by atoms with Crippen molar-refractivity contribution in [1.82, 2.24) is 9.72 Å². The molecular formula is C15H20N2O2. The Balaban J connectivity index is 2.41. The van der Waals surface area contributed by atoms with Crippen LogP contribution in [0.5, 0.6) is 5.75 Å². The van der Waals surface area contributed by atoms with E-state index in [0.29, 0.717) is 11.8 Å². The van der Waals surface area contributed by atoms with Gasteiger partial charge >= 0.3 is 5.97 Å². The number of fused-ring (bicyclic) bond motifs is 1. The van der Waals surface area contributed by atoms with Crippen LogP contribution in [-0.4, -0.2) is 23.5 Å². The lowest BCUT2D eigenvalue weighted by atomic mass is 10.1. The molecule has 102 valence electrons. The lowest BCUT2D eigenvalue weighted by molar-refractivity contribution is -0.131. The highest BCUT2D eigenvalue weighted by Crippen LogP contribution is 2.26. The van der Waals surface area contributed by atoms with Gasteiger partial charge in [-0.1, -0.05) is 6.92 Å². The fraction of sp³-hybridized carbons (Fsp3) is 0.400. The summed E-state index contributed by atoms with van der Waals surface area (Å²) in [5.74, 6) is 0.335. The third-order valence-corrected chi connectivity index (χ3v) is 3.35. The predicted molar refractivity (Wildman–Crippen MR) is 75.5 cm³/mol. The first-order valence-electron chi connectivity index (χ1n) is 6.60. The zero-order chi connectivity index (χ0) is 13.8. The maximum atomic E-state index is 11.2. The van der Waals surface area contributed by atoms with Gasteiger partial charge in [0, 0.05) is 25.4 Å². The molecule has 4 nitrogen and oxygen atoms in total. The van der Waals surface area contributed by atoms with Crippen molar-refractivity contribution in [3.8, 4) is 5.75 Å². The molecule has 0 radical (unpaired) electrons. The van der Waals surface area contributed by atoms with Crippen molar-refractivity contribution in [2.24, 2.45) is 0 Å². The second-order valence-electron chi connectivity index (χ2n) is 4.66. The van der Waals surface area contributed by atoms with Crippen molar-refractivity contribution < 1.29 is 9.53 Å². The van der Waals surface area contributed by atoms with E-state index in [0.717, 1.165) is 18.4 Å². The number of nitrogens with zero attached hydrogens (tertiary/aromatic N) is 1. The molecule has 0 fully saturated rings. The van der Waals surface area contributed by atoms with Crippen molar-refractivity contribution in [2.45, 2.75) is 32.7 Å². The van der Waals surface area contributed by atoms with Gasteiger partial charge in [-0.3, -0.25) is 4.79 Å². The first-order chi connectivity index (χ1) is 9.15. The Morgan fingerprint density at radius 3 is 2.84 bits per heavy atom. The molecule has 0 aliphatic carbocycles. The van der Waals surface area contributed by atoms with E-state index in [2.05, 4.69) is 18.3 Å². The molecule has 1 atom stereocenters. The van der Waals surface area contributed by atoms with Crippen molar-refractivity contribution in [3.05, 3.63) is 36.2 Å². The summed E-state index contributed by atoms with van der Waals surface area (Å²) in [5, 5.41) is 3.30. The summed E-state index contributed by atoms with van der Waals surface area (Å²) in [6.07, 6.45) is 5.94. The minimum Gasteiger partial charge on any atom is -0.424 e. The fourth-order valence-corrected chi connectivity index (χ4v) is 2.32. The maximum Gasteiger partial charge on any atom is 0.308 e. The van der Waals surface area contributed by atoms with Crippen molar-refractivity contribution in [3.63, 3.8) is 0 Å². The second-order valence-corrected chi connectivity index (χ2v) is 4.66. The molecule has 2 heterocycles. The largest absolute Gasteiger partial charge is 0.424 e. The Labute approximate surface area is 113 Å². The molecule has 1 unspecified atom stereocenters. The third-order valence-electron chi connectivity index (χ3n) is 3.35. The van der Waals surface area contributed by atoms with Crippen LogP contribution in [0.2, 0.25) is 0 Å². The van der Waals surface area contributed by atoms with Gasteiger partial charge < -0.3 is 14.5 Å². The van der Waals surface area contributed by atoms with Gasteiger partial charge in [0.2, 0.25) is 0 Å². The molecule has 0 aliphatic heterocycles. The van der Waals surface area contributed by atoms with Gasteiger partial charge in [-0.05, 0) is 43.7 Å². The molecule has 0 amide bonds. The fourth-order valence-electron chi connectivity index (χ4n) is 2.32. The molecule has 2 aromatic heterocycles. The summed E-state index contributed by atoms with van der Waals surface area (Å²) < 4.78 is 7.29. The number of nitrogens with one attached hydrogen (secondary N) is 1. The number of hydrogen-bond acceptors (Lipinski definition) is 3. The number of hydrogen-bond donors (Lipinski definition) is 1. The Hall–Kier alpha value is -1.81. The van der Waals surface area contributed by atoms with E-state index in [1.165, 1.54) is 12.5 Å². The zero-order valence-electron chi connectivity index (χ0n) is 11.6. The summed E-state index contributed by atoms with van der Waals surface area (Å²) in [6, 6.07) is 6.23. The minimum atomic E-state index is -0.291. The van der Waals surface area contributed by atoms with Gasteiger partial charge in [0.25, 0.3) is 0 Å². The number of esters is 1. The van der Waals surface area contributed by atoms with E-state index in [1.807, 2.05) is 36.0 Å². The van der Waals surface area contributed by atoms with Crippen LogP contribution in [-0.2, 0) is 11.2 Å². The van der Waals surface area contributed by atoms with Crippen molar-refractivity contribution in [1.29, 1.82) is 0 Å². The van der Waals surface area contributed by atoms with Crippen LogP contribution in [0.1, 0.15) is 25.8 Å². The quantitative estimate of drug-likeness (QED) is 0.839. The molecule has 0 bridgehead atoms. The minimum absolute atomic E-state index is 0.291. The molecule has 0 spiro atoms. The van der Waals surface area contributed by atoms with Gasteiger partial charge in [-0.15, -0.1) is 0 Å². The molecule has 2 rings (SSSR count). The van der Waals surface area contributed by atoms with Gasteiger partial charge in [0.1, 0.15) is 0 Å². The predicted octanol–water partition coefficient (Wildman–Crippen LogP) is 2.41. The van der Waals surface area contributed by atoms with Crippen molar-refractivity contribution >= 4 is 11.5 Å². The van der Waals surface area contributed by atoms with E-state index in [4.69, 9.17) is 4.74 Å². The molecule has 1 N–H and O–H groups in total. The van der Waals surface area contributed by atoms with Crippen molar-refractivity contribution in [2.75, 3.05) is 7.05 Å². The van der Waals surface area contributed by atoms with E-state index < -0.39 is 0 Å². The first-order valence-corrected chi connectivity index (χ1v) is 6.60. The van der Waals surface area contributed by atoms with Crippen LogP contribution in [0, 0.1) is 0 Å². The number of aromatic nitrogens is 1. The van der Waals surface area contributed by atoms with Crippen LogP contribution in [0.4, 0.5) is 0 Å². The molecular weight excluding hydrogens is 240 g/mol. The van der Waals surface area contributed by atoms with Crippen LogP contribution in [0.3, 0.4) is 0 Å². The number of likely N-dealkylation sites (N-methyl/N-ethyl adjacent to an activating group) is 1. The first kappa shape index (κ1) is 13.6. The Bertz CT molecular complexity index is 571. The Kier molecular flexibility index (Phi) is 4.22. The van der Waals surface area contributed by atoms with Crippen LogP contribution in [0.25, 0.3) is 5.52 Å². The second kappa shape index (κ2) is 5.89. The van der Waals surface area contributed by atoms with Gasteiger partial charge in [-0.25, -0.2) is 0 Å². The number of ether oxygens (including phenoxy) is 1. The van der Waals surface area contributed by atoms with Crippen LogP contribution >= 0.6 is 0 Å². The molecule has 19 heavy (non-hydrogen) atoms. The van der Waals surface area contributed by atoms with Gasteiger partial charge in [-0.2, -0.15) is 0 Å². The van der Waals surface area contributed by atoms with E-state index in [-0.39, 0.29) is 5.97 Å². The standard InChI is InChI=1S/C15H20N2O2/c1-4-13(16-3)10-12-7-9-17-8-5-6-14(15(12)17)19-11(2)18/h5-9,13,16H,4,10H2,1-3H3. The molecule has 0 aliphatic rings. The number of carbonyl (C=O) groups excluding carboxylic acids is 1. The summed E-state index contributed by atoms with van der Waals surface area (Å²) in [6.45, 7) is 3.58. The molecule has 0 aromatic carbocycles. The highest BCUT2D eigenvalue weighted by atomic mass is 16.5. The maximum absolute atomic E-state index is 11.2. The summed E-state index contributed by atoms with van der Waals surface area (Å²) in [5.41, 5.74) is 2.17. The normalized spacial score (nSPS) is 12.6. The lowest BCUT2D eigenvalue weighted by Crippen LogP contribution is -2.26. The average Bonchev–Trinajstić information content (AvgIpc) is 2.79. The monoisotopic (exact) mass is 260 g/mol. The number of pyridine rings is 1. The topological polar surface area (TPSA) is 42.7 Å². The van der Waals surface area contributed by atoms with Gasteiger partial charge in [0.05, 0.1) is 5.52 Å². The lowest BCUT2D eigenvalue weighted by Gasteiger charge is -2.14. The Morgan fingerprint density at radius 2 is 2.21 bits per heavy atom. The summed E-state index contributed by atoms with van der Waals surface area (Å²) in [7, 11) is 1.97. The van der Waals surface area contributed by atoms with E-state index in [1.54, 1.807) is 0 Å². The van der Waals surface area contributed by atoms with Crippen LogP contribution in [0.15, 0.2) is 30.6 Å².